The van der Waals surface area contributed by atoms with Crippen LogP contribution < -0.4 is 0 Å². The highest BCUT2D eigenvalue weighted by Gasteiger charge is 2.31. The summed E-state index contributed by atoms with van der Waals surface area (Å²) in [6, 6.07) is 0. The second kappa shape index (κ2) is 7.61. The van der Waals surface area contributed by atoms with Gasteiger partial charge in [-0.15, -0.1) is 0 Å². The van der Waals surface area contributed by atoms with E-state index in [0.717, 1.165) is 6.92 Å². The molecule has 0 heterocycles. The van der Waals surface area contributed by atoms with E-state index in [4.69, 9.17) is 14.6 Å². The van der Waals surface area contributed by atoms with Crippen molar-refractivity contribution in [2.24, 2.45) is 0 Å². The van der Waals surface area contributed by atoms with Crippen molar-refractivity contribution in [3.05, 3.63) is 0 Å². The summed E-state index contributed by atoms with van der Waals surface area (Å²) in [6.07, 6.45) is -3.60. The van der Waals surface area contributed by atoms with E-state index in [-0.39, 0.29) is 0 Å². The second-order valence-electron chi connectivity index (χ2n) is 5.31. The topological polar surface area (TPSA) is 116 Å². The quantitative estimate of drug-likeness (QED) is 0.562. The lowest BCUT2D eigenvalue weighted by molar-refractivity contribution is -0.182. The Morgan fingerprint density at radius 2 is 1.57 bits per heavy atom. The molecule has 0 aliphatic rings. The molecule has 0 radical (unpaired) electrons. The average Bonchev–Trinajstić information content (AvgIpc) is 2.24. The summed E-state index contributed by atoms with van der Waals surface area (Å²) in [7, 11) is 0. The Bertz CT molecular complexity index is 404. The summed E-state index contributed by atoms with van der Waals surface area (Å²) < 4.78 is 14.3. The Kier molecular flexibility index (Phi) is 6.84. The van der Waals surface area contributed by atoms with E-state index in [1.54, 1.807) is 20.8 Å². The van der Waals surface area contributed by atoms with Crippen LogP contribution in [0.5, 0.6) is 0 Å². The average molecular weight is 304 g/mol. The predicted molar refractivity (Wildman–Crippen MR) is 69.2 cm³/mol. The van der Waals surface area contributed by atoms with E-state index < -0.39 is 48.1 Å². The van der Waals surface area contributed by atoms with Crippen LogP contribution in [0.2, 0.25) is 0 Å². The molecule has 8 heteroatoms. The fourth-order valence-electron chi connectivity index (χ4n) is 1.22. The number of carbonyl (C=O) groups excluding carboxylic acids is 3. The lowest BCUT2D eigenvalue weighted by Gasteiger charge is -2.23. The highest BCUT2D eigenvalue weighted by atomic mass is 16.6. The molecular formula is C13H20O8. The normalized spacial score (nSPS) is 13.8. The first-order valence-corrected chi connectivity index (χ1v) is 6.24. The van der Waals surface area contributed by atoms with Crippen molar-refractivity contribution in [3.63, 3.8) is 0 Å². The number of rotatable bonds is 6. The second-order valence-corrected chi connectivity index (χ2v) is 5.31. The molecule has 0 spiro atoms. The van der Waals surface area contributed by atoms with Crippen LogP contribution in [0.25, 0.3) is 0 Å². The lowest BCUT2D eigenvalue weighted by Crippen LogP contribution is -2.37. The number of hydrogen-bond acceptors (Lipinski definition) is 7. The van der Waals surface area contributed by atoms with Gasteiger partial charge in [0.05, 0.1) is 6.42 Å². The van der Waals surface area contributed by atoms with E-state index >= 15 is 0 Å². The summed E-state index contributed by atoms with van der Waals surface area (Å²) in [6.45, 7) is 7.24. The number of hydrogen-bond donors (Lipinski definition) is 1. The monoisotopic (exact) mass is 304 g/mol. The minimum absolute atomic E-state index is 0.751. The Balaban J connectivity index is 4.69. The van der Waals surface area contributed by atoms with E-state index in [1.807, 2.05) is 0 Å². The first-order chi connectivity index (χ1) is 9.42. The molecule has 0 rings (SSSR count). The zero-order valence-corrected chi connectivity index (χ0v) is 12.7. The molecule has 0 fully saturated rings. The van der Waals surface area contributed by atoms with Crippen molar-refractivity contribution in [1.29, 1.82) is 0 Å². The van der Waals surface area contributed by atoms with Crippen LogP contribution in [0.15, 0.2) is 0 Å². The molecule has 21 heavy (non-hydrogen) atoms. The summed E-state index contributed by atoms with van der Waals surface area (Å²) >= 11 is 0. The molecule has 0 amide bonds. The van der Waals surface area contributed by atoms with E-state index in [9.17, 15) is 19.2 Å². The molecule has 0 unspecified atom stereocenters. The SMILES string of the molecule is CC(=O)O[C@@H](CC(=O)O)C(=O)O[C@@H](C)C(=O)OC(C)(C)C. The van der Waals surface area contributed by atoms with Crippen LogP contribution in [0, 0.1) is 0 Å². The number of ether oxygens (including phenoxy) is 3. The van der Waals surface area contributed by atoms with E-state index in [0.29, 0.717) is 0 Å². The maximum absolute atomic E-state index is 11.7. The number of esters is 3. The van der Waals surface area contributed by atoms with Gasteiger partial charge in [0, 0.05) is 6.92 Å². The molecule has 0 saturated heterocycles. The smallest absolute Gasteiger partial charge is 0.348 e. The largest absolute Gasteiger partial charge is 0.481 e. The summed E-state index contributed by atoms with van der Waals surface area (Å²) in [4.78, 5) is 44.8. The lowest BCUT2D eigenvalue weighted by atomic mass is 10.2. The van der Waals surface area contributed by atoms with Gasteiger partial charge in [0.15, 0.2) is 6.10 Å². The molecule has 1 N–H and O–H groups in total. The molecule has 120 valence electrons. The fraction of sp³-hybridized carbons (Fsp3) is 0.692. The Labute approximate surface area is 122 Å². The molecule has 0 aliphatic carbocycles. The van der Waals surface area contributed by atoms with Crippen molar-refractivity contribution >= 4 is 23.9 Å². The summed E-state index contributed by atoms with van der Waals surface area (Å²) in [5.74, 6) is -4.08. The van der Waals surface area contributed by atoms with Crippen LogP contribution in [0.3, 0.4) is 0 Å². The summed E-state index contributed by atoms with van der Waals surface area (Å²) in [5, 5.41) is 8.65. The molecule has 0 bridgehead atoms. The van der Waals surface area contributed by atoms with Crippen LogP contribution in [-0.4, -0.2) is 46.8 Å². The molecular weight excluding hydrogens is 284 g/mol. The maximum Gasteiger partial charge on any atom is 0.348 e. The zero-order valence-electron chi connectivity index (χ0n) is 12.7. The highest BCUT2D eigenvalue weighted by molar-refractivity contribution is 5.85. The van der Waals surface area contributed by atoms with Gasteiger partial charge in [0.1, 0.15) is 5.60 Å². The van der Waals surface area contributed by atoms with Crippen molar-refractivity contribution in [3.8, 4) is 0 Å². The molecule has 0 aromatic heterocycles. The molecule has 0 aromatic rings. The van der Waals surface area contributed by atoms with Crippen molar-refractivity contribution in [2.75, 3.05) is 0 Å². The Morgan fingerprint density at radius 3 is 1.95 bits per heavy atom. The van der Waals surface area contributed by atoms with Crippen LogP contribution in [0.1, 0.15) is 41.0 Å². The highest BCUT2D eigenvalue weighted by Crippen LogP contribution is 2.11. The number of carboxylic acid groups (broad SMARTS) is 1. The van der Waals surface area contributed by atoms with Gasteiger partial charge in [0.2, 0.25) is 6.10 Å². The standard InChI is InChI=1S/C13H20O8/c1-7(11(17)21-13(3,4)5)19-12(18)9(6-10(15)16)20-8(2)14/h7,9H,6H2,1-5H3,(H,15,16)/t7-,9-/m0/s1. The van der Waals surface area contributed by atoms with Crippen LogP contribution in [-0.2, 0) is 33.4 Å². The van der Waals surface area contributed by atoms with Gasteiger partial charge in [0.25, 0.3) is 0 Å². The first-order valence-electron chi connectivity index (χ1n) is 6.24. The Morgan fingerprint density at radius 1 is 1.05 bits per heavy atom. The predicted octanol–water partition coefficient (Wildman–Crippen LogP) is 0.666. The number of aliphatic carboxylic acids is 1. The molecule has 0 saturated carbocycles. The van der Waals surface area contributed by atoms with Gasteiger partial charge in [-0.3, -0.25) is 9.59 Å². The van der Waals surface area contributed by atoms with Gasteiger partial charge in [-0.05, 0) is 27.7 Å². The summed E-state index contributed by atoms with van der Waals surface area (Å²) in [5.41, 5.74) is -0.756. The first kappa shape index (κ1) is 18.9. The molecule has 0 aromatic carbocycles. The van der Waals surface area contributed by atoms with Gasteiger partial charge in [-0.25, -0.2) is 9.59 Å². The maximum atomic E-state index is 11.7. The third-order valence-corrected chi connectivity index (χ3v) is 1.96. The van der Waals surface area contributed by atoms with Crippen molar-refractivity contribution in [2.45, 2.75) is 58.8 Å². The minimum Gasteiger partial charge on any atom is -0.481 e. The molecule has 8 nitrogen and oxygen atoms in total. The number of carbonyl (C=O) groups is 4. The van der Waals surface area contributed by atoms with Gasteiger partial charge in [-0.1, -0.05) is 0 Å². The van der Waals surface area contributed by atoms with Gasteiger partial charge in [-0.2, -0.15) is 0 Å². The van der Waals surface area contributed by atoms with Crippen LogP contribution >= 0.6 is 0 Å². The van der Waals surface area contributed by atoms with E-state index in [1.165, 1.54) is 6.92 Å². The minimum atomic E-state index is -1.61. The number of carboxylic acids is 1. The van der Waals surface area contributed by atoms with Crippen molar-refractivity contribution in [1.82, 2.24) is 0 Å². The van der Waals surface area contributed by atoms with E-state index in [2.05, 4.69) is 4.74 Å². The van der Waals surface area contributed by atoms with Crippen molar-refractivity contribution < 1.29 is 38.5 Å². The Hall–Kier alpha value is -2.12. The molecule has 0 aliphatic heterocycles. The van der Waals surface area contributed by atoms with Gasteiger partial charge >= 0.3 is 23.9 Å². The van der Waals surface area contributed by atoms with Gasteiger partial charge < -0.3 is 19.3 Å². The zero-order chi connectivity index (χ0) is 16.8. The third kappa shape index (κ3) is 8.61. The van der Waals surface area contributed by atoms with Crippen LogP contribution in [0.4, 0.5) is 0 Å². The third-order valence-electron chi connectivity index (χ3n) is 1.96. The molecule has 2 atom stereocenters. The fourth-order valence-corrected chi connectivity index (χ4v) is 1.22.